The predicted octanol–water partition coefficient (Wildman–Crippen LogP) is 1.02. The summed E-state index contributed by atoms with van der Waals surface area (Å²) in [7, 11) is 0. The molecule has 1 aromatic heterocycles. The maximum Gasteiger partial charge on any atom is 0.145 e. The highest BCUT2D eigenvalue weighted by molar-refractivity contribution is 5.50. The Balaban J connectivity index is 2.39. The molecule has 19 heavy (non-hydrogen) atoms. The van der Waals surface area contributed by atoms with E-state index in [4.69, 9.17) is 5.84 Å². The number of aliphatic hydroxyl groups is 1. The third-order valence-corrected chi connectivity index (χ3v) is 3.41. The van der Waals surface area contributed by atoms with Gasteiger partial charge in [-0.25, -0.2) is 15.8 Å². The summed E-state index contributed by atoms with van der Waals surface area (Å²) in [6.07, 6.45) is 2.07. The van der Waals surface area contributed by atoms with E-state index < -0.39 is 0 Å². The van der Waals surface area contributed by atoms with Crippen LogP contribution < -0.4 is 16.2 Å². The van der Waals surface area contributed by atoms with Crippen LogP contribution in [0.15, 0.2) is 6.07 Å². The third kappa shape index (κ3) is 2.96. The molecule has 1 unspecified atom stereocenters. The number of aromatic nitrogens is 2. The van der Waals surface area contributed by atoms with Gasteiger partial charge in [0.1, 0.15) is 17.5 Å². The van der Waals surface area contributed by atoms with Crippen molar-refractivity contribution in [3.63, 3.8) is 0 Å². The highest BCUT2D eigenvalue weighted by Crippen LogP contribution is 2.28. The Hall–Kier alpha value is -1.40. The van der Waals surface area contributed by atoms with Crippen molar-refractivity contribution in [2.45, 2.75) is 45.1 Å². The van der Waals surface area contributed by atoms with E-state index in [0.29, 0.717) is 5.82 Å². The monoisotopic (exact) mass is 265 g/mol. The second kappa shape index (κ2) is 5.30. The molecule has 0 saturated carbocycles. The molecule has 6 heteroatoms. The number of nitrogens with zero attached hydrogens (tertiary/aromatic N) is 3. The van der Waals surface area contributed by atoms with Gasteiger partial charge in [-0.3, -0.25) is 0 Å². The summed E-state index contributed by atoms with van der Waals surface area (Å²) < 4.78 is 0. The summed E-state index contributed by atoms with van der Waals surface area (Å²) in [5.41, 5.74) is 2.45. The Morgan fingerprint density at radius 3 is 2.79 bits per heavy atom. The number of nitrogens with one attached hydrogen (secondary N) is 1. The van der Waals surface area contributed by atoms with Crippen LogP contribution >= 0.6 is 0 Å². The fourth-order valence-electron chi connectivity index (χ4n) is 2.32. The van der Waals surface area contributed by atoms with Gasteiger partial charge in [-0.15, -0.1) is 0 Å². The van der Waals surface area contributed by atoms with Crippen LogP contribution in [-0.2, 0) is 5.41 Å². The van der Waals surface area contributed by atoms with Gasteiger partial charge in [0, 0.05) is 18.0 Å². The first-order valence-electron chi connectivity index (χ1n) is 6.69. The van der Waals surface area contributed by atoms with Crippen molar-refractivity contribution in [2.24, 2.45) is 5.84 Å². The van der Waals surface area contributed by atoms with Crippen LogP contribution in [0.25, 0.3) is 0 Å². The van der Waals surface area contributed by atoms with Crippen molar-refractivity contribution in [1.29, 1.82) is 0 Å². The smallest absolute Gasteiger partial charge is 0.145 e. The molecule has 0 aromatic carbocycles. The molecule has 2 rings (SSSR count). The number of hydrogen-bond acceptors (Lipinski definition) is 6. The summed E-state index contributed by atoms with van der Waals surface area (Å²) in [5, 5.41) is 9.43. The van der Waals surface area contributed by atoms with Crippen molar-refractivity contribution < 1.29 is 5.11 Å². The molecule has 6 nitrogen and oxygen atoms in total. The predicted molar refractivity (Wildman–Crippen MR) is 76.0 cm³/mol. The topological polar surface area (TPSA) is 87.3 Å². The molecule has 1 atom stereocenters. The molecule has 0 aliphatic carbocycles. The van der Waals surface area contributed by atoms with Gasteiger partial charge in [0.15, 0.2) is 0 Å². The van der Waals surface area contributed by atoms with E-state index >= 15 is 0 Å². The van der Waals surface area contributed by atoms with Crippen molar-refractivity contribution in [3.8, 4) is 0 Å². The SMILES string of the molecule is CC(C)(C)c1nc(NN)cc(N2CCCC2CO)n1. The molecule has 2 heterocycles. The molecular formula is C13H23N5O. The lowest BCUT2D eigenvalue weighted by Crippen LogP contribution is -2.33. The molecule has 1 fully saturated rings. The van der Waals surface area contributed by atoms with Crippen molar-refractivity contribution in [3.05, 3.63) is 11.9 Å². The Morgan fingerprint density at radius 1 is 1.47 bits per heavy atom. The first-order valence-corrected chi connectivity index (χ1v) is 6.69. The second-order valence-corrected chi connectivity index (χ2v) is 6.00. The van der Waals surface area contributed by atoms with E-state index in [1.807, 2.05) is 6.07 Å². The third-order valence-electron chi connectivity index (χ3n) is 3.41. The number of nitrogens with two attached hydrogens (primary N) is 1. The number of rotatable bonds is 3. The molecule has 1 aliphatic rings. The van der Waals surface area contributed by atoms with E-state index in [2.05, 4.69) is 41.1 Å². The van der Waals surface area contributed by atoms with Crippen LogP contribution in [0.2, 0.25) is 0 Å². The maximum atomic E-state index is 9.43. The lowest BCUT2D eigenvalue weighted by Gasteiger charge is -2.26. The molecule has 4 N–H and O–H groups in total. The minimum Gasteiger partial charge on any atom is -0.394 e. The zero-order chi connectivity index (χ0) is 14.0. The van der Waals surface area contributed by atoms with Gasteiger partial charge in [0.2, 0.25) is 0 Å². The molecular weight excluding hydrogens is 242 g/mol. The van der Waals surface area contributed by atoms with Crippen LogP contribution in [0.4, 0.5) is 11.6 Å². The standard InChI is InChI=1S/C13H23N5O/c1-13(2,3)12-15-10(17-14)7-11(16-12)18-6-4-5-9(18)8-19/h7,9,19H,4-6,8,14H2,1-3H3,(H,15,16,17). The van der Waals surface area contributed by atoms with Gasteiger partial charge in [-0.05, 0) is 12.8 Å². The average Bonchev–Trinajstić information content (AvgIpc) is 2.85. The molecule has 0 radical (unpaired) electrons. The number of aliphatic hydroxyl groups excluding tert-OH is 1. The number of hydrogen-bond donors (Lipinski definition) is 3. The van der Waals surface area contributed by atoms with Gasteiger partial charge in [-0.2, -0.15) is 0 Å². The van der Waals surface area contributed by atoms with Crippen molar-refractivity contribution in [2.75, 3.05) is 23.5 Å². The van der Waals surface area contributed by atoms with Crippen LogP contribution in [0.3, 0.4) is 0 Å². The van der Waals surface area contributed by atoms with Crippen LogP contribution in [0.1, 0.15) is 39.4 Å². The van der Waals surface area contributed by atoms with Gasteiger partial charge in [0.05, 0.1) is 12.6 Å². The van der Waals surface area contributed by atoms with E-state index in [1.54, 1.807) is 0 Å². The van der Waals surface area contributed by atoms with Crippen LogP contribution in [-0.4, -0.2) is 34.3 Å². The summed E-state index contributed by atoms with van der Waals surface area (Å²) >= 11 is 0. The lowest BCUT2D eigenvalue weighted by atomic mass is 9.96. The minimum atomic E-state index is -0.143. The molecule has 0 amide bonds. The van der Waals surface area contributed by atoms with E-state index in [0.717, 1.165) is 31.0 Å². The fraction of sp³-hybridized carbons (Fsp3) is 0.692. The zero-order valence-electron chi connectivity index (χ0n) is 11.8. The van der Waals surface area contributed by atoms with E-state index in [-0.39, 0.29) is 18.1 Å². The second-order valence-electron chi connectivity index (χ2n) is 6.00. The summed E-state index contributed by atoms with van der Waals surface area (Å²) in [6.45, 7) is 7.27. The van der Waals surface area contributed by atoms with E-state index in [1.165, 1.54) is 0 Å². The van der Waals surface area contributed by atoms with Gasteiger partial charge in [-0.1, -0.05) is 20.8 Å². The minimum absolute atomic E-state index is 0.143. The first kappa shape index (κ1) is 14.0. The number of hydrazine groups is 1. The summed E-state index contributed by atoms with van der Waals surface area (Å²) in [4.78, 5) is 11.2. The largest absolute Gasteiger partial charge is 0.394 e. The van der Waals surface area contributed by atoms with Crippen LogP contribution in [0.5, 0.6) is 0 Å². The molecule has 0 bridgehead atoms. The maximum absolute atomic E-state index is 9.43. The Labute approximate surface area is 114 Å². The van der Waals surface area contributed by atoms with Gasteiger partial charge < -0.3 is 15.4 Å². The molecule has 1 saturated heterocycles. The van der Waals surface area contributed by atoms with Crippen molar-refractivity contribution >= 4 is 11.6 Å². The highest BCUT2D eigenvalue weighted by Gasteiger charge is 2.27. The van der Waals surface area contributed by atoms with Crippen LogP contribution in [0, 0.1) is 0 Å². The summed E-state index contributed by atoms with van der Waals surface area (Å²) in [5.74, 6) is 7.69. The van der Waals surface area contributed by atoms with Gasteiger partial charge in [0.25, 0.3) is 0 Å². The van der Waals surface area contributed by atoms with Gasteiger partial charge >= 0.3 is 0 Å². The van der Waals surface area contributed by atoms with E-state index in [9.17, 15) is 5.11 Å². The Bertz CT molecular complexity index is 443. The highest BCUT2D eigenvalue weighted by atomic mass is 16.3. The quantitative estimate of drug-likeness (QED) is 0.559. The molecule has 106 valence electrons. The number of anilines is 2. The average molecular weight is 265 g/mol. The molecule has 1 aliphatic heterocycles. The lowest BCUT2D eigenvalue weighted by molar-refractivity contribution is 0.266. The van der Waals surface area contributed by atoms with Crippen molar-refractivity contribution in [1.82, 2.24) is 9.97 Å². The normalized spacial score (nSPS) is 19.8. The Morgan fingerprint density at radius 2 is 2.21 bits per heavy atom. The number of nitrogen functional groups attached to an aromatic ring is 1. The first-order chi connectivity index (χ1) is 8.95. The summed E-state index contributed by atoms with van der Waals surface area (Å²) in [6, 6.07) is 1.98. The molecule has 1 aromatic rings. The Kier molecular flexibility index (Phi) is 3.91. The zero-order valence-corrected chi connectivity index (χ0v) is 11.8. The fourth-order valence-corrected chi connectivity index (χ4v) is 2.32. The molecule has 0 spiro atoms.